The smallest absolute Gasteiger partial charge is 0.430 e. The molecule has 2 rings (SSSR count). The number of primary amides is 1. The number of nitrogens with two attached hydrogens (primary N) is 2. The second-order valence-corrected chi connectivity index (χ2v) is 5.99. The Bertz CT molecular complexity index is 809. The molecule has 0 aromatic heterocycles. The fourth-order valence-electron chi connectivity index (χ4n) is 2.62. The first kappa shape index (κ1) is 21.5. The number of amidine groups is 1. The molecule has 4 amide bonds. The molecular formula is C17H22N6O6. The van der Waals surface area contributed by atoms with Crippen molar-refractivity contribution in [1.29, 1.82) is 0 Å². The summed E-state index contributed by atoms with van der Waals surface area (Å²) in [5.41, 5.74) is 11.6. The number of esters is 1. The van der Waals surface area contributed by atoms with Gasteiger partial charge in [0, 0.05) is 24.3 Å². The summed E-state index contributed by atoms with van der Waals surface area (Å²) in [4.78, 5) is 51.8. The molecule has 0 aliphatic carbocycles. The number of benzene rings is 1. The van der Waals surface area contributed by atoms with E-state index in [0.717, 1.165) is 0 Å². The van der Waals surface area contributed by atoms with E-state index >= 15 is 0 Å². The number of oxime groups is 1. The van der Waals surface area contributed by atoms with Crippen LogP contribution in [-0.4, -0.2) is 56.1 Å². The standard InChI is InChI=1S/C17H22N6O6/c1-28-13(24)6-8-20-17(27)21-12-7-9-23(15(12)25)11-4-2-10(3-5-11)14(18)22-29-16(19)26/h2-5,12H,6-9H2,1H3,(H2,18,22)(H2,19,26)(H2,20,21,27)/t12-/m0/s1. The predicted octanol–water partition coefficient (Wildman–Crippen LogP) is -0.630. The van der Waals surface area contributed by atoms with Gasteiger partial charge in [0.25, 0.3) is 0 Å². The Kier molecular flexibility index (Phi) is 7.34. The van der Waals surface area contributed by atoms with Gasteiger partial charge in [-0.3, -0.25) is 14.4 Å². The molecule has 1 aromatic carbocycles. The Morgan fingerprint density at radius 3 is 2.55 bits per heavy atom. The van der Waals surface area contributed by atoms with Crippen LogP contribution in [0.2, 0.25) is 0 Å². The molecule has 156 valence electrons. The third kappa shape index (κ3) is 6.09. The van der Waals surface area contributed by atoms with Gasteiger partial charge >= 0.3 is 18.1 Å². The minimum absolute atomic E-state index is 0.0396. The van der Waals surface area contributed by atoms with Gasteiger partial charge in [0.15, 0.2) is 5.84 Å². The maximum atomic E-state index is 12.6. The molecule has 0 unspecified atom stereocenters. The molecule has 0 spiro atoms. The number of amides is 4. The highest BCUT2D eigenvalue weighted by atomic mass is 16.7. The Hall–Kier alpha value is -3.83. The number of nitrogens with one attached hydrogen (secondary N) is 2. The number of hydrogen-bond donors (Lipinski definition) is 4. The first-order valence-electron chi connectivity index (χ1n) is 8.64. The van der Waals surface area contributed by atoms with Gasteiger partial charge in [0.05, 0.1) is 13.5 Å². The molecule has 1 aromatic rings. The summed E-state index contributed by atoms with van der Waals surface area (Å²) in [6.07, 6.45) is -0.612. The average Bonchev–Trinajstić information content (AvgIpc) is 3.06. The molecule has 1 aliphatic heterocycles. The monoisotopic (exact) mass is 406 g/mol. The van der Waals surface area contributed by atoms with Crippen molar-refractivity contribution >= 4 is 35.5 Å². The number of urea groups is 1. The number of rotatable bonds is 7. The lowest BCUT2D eigenvalue weighted by molar-refractivity contribution is -0.140. The summed E-state index contributed by atoms with van der Waals surface area (Å²) in [5.74, 6) is -0.755. The molecule has 1 saturated heterocycles. The van der Waals surface area contributed by atoms with Gasteiger partial charge in [-0.1, -0.05) is 5.16 Å². The van der Waals surface area contributed by atoms with E-state index in [4.69, 9.17) is 11.5 Å². The van der Waals surface area contributed by atoms with E-state index in [2.05, 4.69) is 25.4 Å². The highest BCUT2D eigenvalue weighted by molar-refractivity contribution is 6.02. The predicted molar refractivity (Wildman–Crippen MR) is 102 cm³/mol. The van der Waals surface area contributed by atoms with Crippen molar-refractivity contribution in [3.63, 3.8) is 0 Å². The van der Waals surface area contributed by atoms with Crippen LogP contribution in [-0.2, 0) is 19.2 Å². The summed E-state index contributed by atoms with van der Waals surface area (Å²) in [6.45, 7) is 0.521. The molecular weight excluding hydrogens is 384 g/mol. The molecule has 12 heteroatoms. The van der Waals surface area contributed by atoms with Crippen molar-refractivity contribution < 1.29 is 28.8 Å². The fraction of sp³-hybridized carbons (Fsp3) is 0.353. The minimum atomic E-state index is -1.08. The van der Waals surface area contributed by atoms with Crippen LogP contribution in [0.5, 0.6) is 0 Å². The first-order valence-corrected chi connectivity index (χ1v) is 8.64. The zero-order chi connectivity index (χ0) is 21.4. The number of anilines is 1. The van der Waals surface area contributed by atoms with Crippen LogP contribution < -0.4 is 27.0 Å². The van der Waals surface area contributed by atoms with Crippen LogP contribution in [0.25, 0.3) is 0 Å². The maximum Gasteiger partial charge on any atom is 0.430 e. The minimum Gasteiger partial charge on any atom is -0.469 e. The lowest BCUT2D eigenvalue weighted by atomic mass is 10.2. The average molecular weight is 406 g/mol. The van der Waals surface area contributed by atoms with Crippen molar-refractivity contribution in [2.24, 2.45) is 16.6 Å². The van der Waals surface area contributed by atoms with E-state index in [1.165, 1.54) is 12.0 Å². The van der Waals surface area contributed by atoms with Gasteiger partial charge in [-0.05, 0) is 30.7 Å². The SMILES string of the molecule is COC(=O)CCNC(=O)N[C@H]1CCN(c2ccc(/C(N)=N/OC(N)=O)cc2)C1=O. The largest absolute Gasteiger partial charge is 0.469 e. The van der Waals surface area contributed by atoms with E-state index in [1.54, 1.807) is 24.3 Å². The molecule has 1 fully saturated rings. The Morgan fingerprint density at radius 1 is 1.24 bits per heavy atom. The summed E-state index contributed by atoms with van der Waals surface area (Å²) in [5, 5.41) is 8.46. The second-order valence-electron chi connectivity index (χ2n) is 5.99. The molecule has 1 heterocycles. The van der Waals surface area contributed by atoms with Crippen LogP contribution in [0, 0.1) is 0 Å². The van der Waals surface area contributed by atoms with E-state index < -0.39 is 24.1 Å². The summed E-state index contributed by atoms with van der Waals surface area (Å²) >= 11 is 0. The number of ether oxygens (including phenoxy) is 1. The second kappa shape index (κ2) is 9.92. The lowest BCUT2D eigenvalue weighted by Gasteiger charge is -2.18. The summed E-state index contributed by atoms with van der Waals surface area (Å²) < 4.78 is 4.48. The Labute approximate surface area is 166 Å². The maximum absolute atomic E-state index is 12.6. The quantitative estimate of drug-likeness (QED) is 0.153. The van der Waals surface area contributed by atoms with Crippen molar-refractivity contribution in [3.05, 3.63) is 29.8 Å². The van der Waals surface area contributed by atoms with Crippen LogP contribution in [0.1, 0.15) is 18.4 Å². The summed E-state index contributed by atoms with van der Waals surface area (Å²) in [6, 6.07) is 5.29. The van der Waals surface area contributed by atoms with Crippen LogP contribution in [0.4, 0.5) is 15.3 Å². The van der Waals surface area contributed by atoms with Crippen molar-refractivity contribution in [2.45, 2.75) is 18.9 Å². The van der Waals surface area contributed by atoms with Crippen LogP contribution >= 0.6 is 0 Å². The van der Waals surface area contributed by atoms with Gasteiger partial charge in [-0.25, -0.2) is 9.59 Å². The third-order valence-electron chi connectivity index (χ3n) is 4.06. The molecule has 0 saturated carbocycles. The third-order valence-corrected chi connectivity index (χ3v) is 4.06. The zero-order valence-corrected chi connectivity index (χ0v) is 15.7. The van der Waals surface area contributed by atoms with Crippen LogP contribution in [0.15, 0.2) is 29.4 Å². The van der Waals surface area contributed by atoms with Gasteiger partial charge in [0.2, 0.25) is 5.91 Å². The molecule has 6 N–H and O–H groups in total. The Morgan fingerprint density at radius 2 is 1.93 bits per heavy atom. The van der Waals surface area contributed by atoms with Crippen LogP contribution in [0.3, 0.4) is 0 Å². The van der Waals surface area contributed by atoms with Gasteiger partial charge in [-0.15, -0.1) is 0 Å². The highest BCUT2D eigenvalue weighted by Crippen LogP contribution is 2.22. The van der Waals surface area contributed by atoms with E-state index in [9.17, 15) is 19.2 Å². The molecule has 1 atom stereocenters. The zero-order valence-electron chi connectivity index (χ0n) is 15.7. The van der Waals surface area contributed by atoms with E-state index in [-0.39, 0.29) is 24.7 Å². The normalized spacial score (nSPS) is 16.3. The molecule has 12 nitrogen and oxygen atoms in total. The van der Waals surface area contributed by atoms with Gasteiger partial charge < -0.3 is 31.7 Å². The Balaban J connectivity index is 1.90. The molecule has 0 radical (unpaired) electrons. The van der Waals surface area contributed by atoms with Crippen molar-refractivity contribution in [3.8, 4) is 0 Å². The number of carbonyl (C=O) groups is 4. The van der Waals surface area contributed by atoms with E-state index in [0.29, 0.717) is 24.2 Å². The number of carbonyl (C=O) groups excluding carboxylic acids is 4. The van der Waals surface area contributed by atoms with Gasteiger partial charge in [-0.2, -0.15) is 0 Å². The number of methoxy groups -OCH3 is 1. The number of hydrogen-bond acceptors (Lipinski definition) is 7. The van der Waals surface area contributed by atoms with Crippen molar-refractivity contribution in [1.82, 2.24) is 10.6 Å². The summed E-state index contributed by atoms with van der Waals surface area (Å²) in [7, 11) is 1.26. The lowest BCUT2D eigenvalue weighted by Crippen LogP contribution is -2.46. The molecule has 29 heavy (non-hydrogen) atoms. The first-order chi connectivity index (χ1) is 13.8. The molecule has 0 bridgehead atoms. The molecule has 1 aliphatic rings. The highest BCUT2D eigenvalue weighted by Gasteiger charge is 2.33. The van der Waals surface area contributed by atoms with E-state index in [1.807, 2.05) is 0 Å². The van der Waals surface area contributed by atoms with Gasteiger partial charge in [0.1, 0.15) is 6.04 Å². The fourth-order valence-corrected chi connectivity index (χ4v) is 2.62. The number of nitrogens with zero attached hydrogens (tertiary/aromatic N) is 2. The van der Waals surface area contributed by atoms with Crippen molar-refractivity contribution in [2.75, 3.05) is 25.1 Å². The topological polar surface area (TPSA) is 178 Å².